The fourth-order valence-electron chi connectivity index (χ4n) is 11.3. The highest BCUT2D eigenvalue weighted by molar-refractivity contribution is 5.95. The molecule has 1 nitrogen and oxygen atoms in total. The van der Waals surface area contributed by atoms with Crippen molar-refractivity contribution in [2.45, 2.75) is 122 Å². The van der Waals surface area contributed by atoms with Gasteiger partial charge in [-0.1, -0.05) is 184 Å². The zero-order valence-corrected chi connectivity index (χ0v) is 38.7. The minimum Gasteiger partial charge on any atom is -0.310 e. The lowest BCUT2D eigenvalue weighted by Crippen LogP contribution is -2.34. The van der Waals surface area contributed by atoms with Crippen molar-refractivity contribution in [2.24, 2.45) is 0 Å². The van der Waals surface area contributed by atoms with Crippen LogP contribution >= 0.6 is 0 Å². The smallest absolute Gasteiger partial charge is 0.0543 e. The van der Waals surface area contributed by atoms with Gasteiger partial charge in [0.25, 0.3) is 0 Å². The zero-order chi connectivity index (χ0) is 43.4. The standard InChI is InChI=1S/C61H63N/c1-57(2)32-34-59(5,6)54-36-44(26-30-51(54)57)48-38-49-47-18-14-15-19-50(47)61(9,10)53(49)39-56(48)62(46-29-31-52-55(37-46)60(7,8)35-33-58(52,3)4)45-27-24-43(25-28-45)42-22-20-41(21-23-42)40-16-12-11-13-17-40/h11-31,36-39H,32-35H2,1-10H3. The highest BCUT2D eigenvalue weighted by Crippen LogP contribution is 2.56. The first-order valence-corrected chi connectivity index (χ1v) is 23.1. The van der Waals surface area contributed by atoms with Gasteiger partial charge in [0.15, 0.2) is 0 Å². The molecule has 7 aromatic carbocycles. The van der Waals surface area contributed by atoms with Crippen molar-refractivity contribution < 1.29 is 0 Å². The van der Waals surface area contributed by atoms with Gasteiger partial charge in [0, 0.05) is 22.4 Å². The van der Waals surface area contributed by atoms with E-state index in [1.807, 2.05) is 0 Å². The average Bonchev–Trinajstić information content (AvgIpc) is 3.49. The molecule has 0 heterocycles. The number of nitrogens with zero attached hydrogens (tertiary/aromatic N) is 1. The van der Waals surface area contributed by atoms with Crippen molar-refractivity contribution in [3.05, 3.63) is 185 Å². The van der Waals surface area contributed by atoms with E-state index in [1.54, 1.807) is 0 Å². The zero-order valence-electron chi connectivity index (χ0n) is 38.7. The lowest BCUT2D eigenvalue weighted by molar-refractivity contribution is 0.332. The third-order valence-corrected chi connectivity index (χ3v) is 15.6. The Bertz CT molecular complexity index is 2850. The first kappa shape index (κ1) is 40.4. The fraction of sp³-hybridized carbons (Fsp3) is 0.311. The average molecular weight is 810 g/mol. The molecule has 62 heavy (non-hydrogen) atoms. The van der Waals surface area contributed by atoms with Gasteiger partial charge in [0.05, 0.1) is 5.69 Å². The van der Waals surface area contributed by atoms with E-state index in [-0.39, 0.29) is 27.1 Å². The van der Waals surface area contributed by atoms with Gasteiger partial charge in [-0.3, -0.25) is 0 Å². The normalized spacial score (nSPS) is 18.2. The third-order valence-electron chi connectivity index (χ3n) is 15.6. The first-order chi connectivity index (χ1) is 29.4. The summed E-state index contributed by atoms with van der Waals surface area (Å²) in [7, 11) is 0. The van der Waals surface area contributed by atoms with Crippen LogP contribution in [0.2, 0.25) is 0 Å². The molecule has 0 saturated carbocycles. The predicted octanol–water partition coefficient (Wildman–Crippen LogP) is 17.2. The summed E-state index contributed by atoms with van der Waals surface area (Å²) in [6, 6.07) is 58.1. The molecule has 0 bridgehead atoms. The van der Waals surface area contributed by atoms with Gasteiger partial charge in [-0.15, -0.1) is 0 Å². The second kappa shape index (κ2) is 14.2. The minimum absolute atomic E-state index is 0.0730. The van der Waals surface area contributed by atoms with Crippen LogP contribution in [0.4, 0.5) is 17.1 Å². The SMILES string of the molecule is CC1(C)CCC(C)(C)c2cc(-c3cc4c(cc3N(c3ccc(-c5ccc(-c6ccccc6)cc5)cc3)c3ccc5c(c3)C(C)(C)CCC5(C)C)C(C)(C)c3ccccc3-4)ccc21. The molecular formula is C61H63N. The second-order valence-electron chi connectivity index (χ2n) is 21.9. The quantitative estimate of drug-likeness (QED) is 0.162. The highest BCUT2D eigenvalue weighted by Gasteiger charge is 2.41. The summed E-state index contributed by atoms with van der Waals surface area (Å²) >= 11 is 0. The molecule has 0 spiro atoms. The van der Waals surface area contributed by atoms with Gasteiger partial charge in [-0.25, -0.2) is 0 Å². The number of fused-ring (bicyclic) bond motifs is 5. The molecule has 0 radical (unpaired) electrons. The maximum Gasteiger partial charge on any atom is 0.0543 e. The van der Waals surface area contributed by atoms with Crippen molar-refractivity contribution in [3.63, 3.8) is 0 Å². The fourth-order valence-corrected chi connectivity index (χ4v) is 11.3. The molecule has 0 aromatic heterocycles. The summed E-state index contributed by atoms with van der Waals surface area (Å²) in [6.07, 6.45) is 4.75. The highest BCUT2D eigenvalue weighted by atomic mass is 15.1. The van der Waals surface area contributed by atoms with E-state index >= 15 is 0 Å². The lowest BCUT2D eigenvalue weighted by Gasteiger charge is -2.43. The summed E-state index contributed by atoms with van der Waals surface area (Å²) in [5.41, 5.74) is 22.8. The third kappa shape index (κ3) is 6.58. The van der Waals surface area contributed by atoms with E-state index in [9.17, 15) is 0 Å². The van der Waals surface area contributed by atoms with Gasteiger partial charge in [-0.2, -0.15) is 0 Å². The lowest BCUT2D eigenvalue weighted by atomic mass is 9.63. The molecule has 3 aliphatic rings. The number of rotatable bonds is 6. The van der Waals surface area contributed by atoms with E-state index in [4.69, 9.17) is 0 Å². The molecule has 0 saturated heterocycles. The number of anilines is 3. The van der Waals surface area contributed by atoms with E-state index in [0.717, 1.165) is 5.69 Å². The monoisotopic (exact) mass is 809 g/mol. The molecule has 0 fully saturated rings. The van der Waals surface area contributed by atoms with Crippen molar-refractivity contribution in [2.75, 3.05) is 4.90 Å². The van der Waals surface area contributed by atoms with Gasteiger partial charge in [-0.05, 0) is 156 Å². The number of benzene rings is 7. The van der Waals surface area contributed by atoms with E-state index in [0.29, 0.717) is 0 Å². The summed E-state index contributed by atoms with van der Waals surface area (Å²) < 4.78 is 0. The Morgan fingerprint density at radius 1 is 0.306 bits per heavy atom. The Kier molecular flexibility index (Phi) is 9.24. The van der Waals surface area contributed by atoms with Crippen LogP contribution in [0.5, 0.6) is 0 Å². The van der Waals surface area contributed by atoms with E-state index in [1.165, 1.54) is 115 Å². The predicted molar refractivity (Wildman–Crippen MR) is 266 cm³/mol. The van der Waals surface area contributed by atoms with Crippen LogP contribution in [0.1, 0.15) is 128 Å². The topological polar surface area (TPSA) is 3.24 Å². The van der Waals surface area contributed by atoms with Crippen LogP contribution < -0.4 is 4.90 Å². The van der Waals surface area contributed by atoms with Crippen LogP contribution in [-0.4, -0.2) is 0 Å². The molecule has 0 N–H and O–H groups in total. The summed E-state index contributed by atoms with van der Waals surface area (Å²) in [5, 5.41) is 0. The maximum absolute atomic E-state index is 2.59. The Morgan fingerprint density at radius 2 is 0.758 bits per heavy atom. The first-order valence-electron chi connectivity index (χ1n) is 23.1. The van der Waals surface area contributed by atoms with Gasteiger partial charge in [0.1, 0.15) is 0 Å². The Labute approximate surface area is 371 Å². The number of hydrogen-bond donors (Lipinski definition) is 0. The van der Waals surface area contributed by atoms with Crippen LogP contribution in [0.3, 0.4) is 0 Å². The number of hydrogen-bond acceptors (Lipinski definition) is 1. The Morgan fingerprint density at radius 3 is 1.35 bits per heavy atom. The van der Waals surface area contributed by atoms with Gasteiger partial charge in [0.2, 0.25) is 0 Å². The Hall–Kier alpha value is -5.66. The largest absolute Gasteiger partial charge is 0.310 e. The van der Waals surface area contributed by atoms with Gasteiger partial charge >= 0.3 is 0 Å². The van der Waals surface area contributed by atoms with Crippen molar-refractivity contribution in [3.8, 4) is 44.5 Å². The van der Waals surface area contributed by atoms with Crippen molar-refractivity contribution in [1.82, 2.24) is 0 Å². The van der Waals surface area contributed by atoms with Crippen LogP contribution in [0.25, 0.3) is 44.5 Å². The van der Waals surface area contributed by atoms with E-state index < -0.39 is 0 Å². The molecule has 0 aliphatic heterocycles. The van der Waals surface area contributed by atoms with Crippen molar-refractivity contribution in [1.29, 1.82) is 0 Å². The molecule has 3 aliphatic carbocycles. The molecule has 0 atom stereocenters. The maximum atomic E-state index is 2.59. The molecule has 0 amide bonds. The van der Waals surface area contributed by atoms with Gasteiger partial charge < -0.3 is 4.90 Å². The molecule has 1 heteroatoms. The summed E-state index contributed by atoms with van der Waals surface area (Å²) in [6.45, 7) is 24.4. The molecule has 7 aromatic rings. The van der Waals surface area contributed by atoms with Crippen LogP contribution in [-0.2, 0) is 27.1 Å². The van der Waals surface area contributed by atoms with E-state index in [2.05, 4.69) is 226 Å². The minimum atomic E-state index is -0.148. The summed E-state index contributed by atoms with van der Waals surface area (Å²) in [5.74, 6) is 0. The Balaban J connectivity index is 1.20. The summed E-state index contributed by atoms with van der Waals surface area (Å²) in [4.78, 5) is 2.59. The molecular weight excluding hydrogens is 747 g/mol. The molecule has 0 unspecified atom stereocenters. The molecule has 10 rings (SSSR count). The van der Waals surface area contributed by atoms with Crippen LogP contribution in [0.15, 0.2) is 152 Å². The van der Waals surface area contributed by atoms with Crippen molar-refractivity contribution >= 4 is 17.1 Å². The van der Waals surface area contributed by atoms with Crippen LogP contribution in [0, 0.1) is 0 Å². The second-order valence-corrected chi connectivity index (χ2v) is 21.9. The molecule has 312 valence electrons.